The van der Waals surface area contributed by atoms with Gasteiger partial charge in [0.15, 0.2) is 0 Å². The third-order valence-corrected chi connectivity index (χ3v) is 4.22. The third kappa shape index (κ3) is 4.12. The molecule has 1 atom stereocenters. The van der Waals surface area contributed by atoms with Gasteiger partial charge in [0.25, 0.3) is 0 Å². The van der Waals surface area contributed by atoms with Crippen LogP contribution < -0.4 is 0 Å². The van der Waals surface area contributed by atoms with Gasteiger partial charge in [-0.25, -0.2) is 0 Å². The summed E-state index contributed by atoms with van der Waals surface area (Å²) in [5.74, 6) is 0.983. The molecule has 19 heavy (non-hydrogen) atoms. The summed E-state index contributed by atoms with van der Waals surface area (Å²) in [6.07, 6.45) is 0.423. The average molecular weight is 272 g/mol. The second-order valence-electron chi connectivity index (χ2n) is 4.77. The molecule has 0 unspecified atom stereocenters. The lowest BCUT2D eigenvalue weighted by molar-refractivity contribution is 0.173. The van der Waals surface area contributed by atoms with Gasteiger partial charge in [-0.3, -0.25) is 0 Å². The molecule has 2 rings (SSSR count). The van der Waals surface area contributed by atoms with E-state index in [1.54, 1.807) is 0 Å². The quantitative estimate of drug-likeness (QED) is 0.794. The average Bonchev–Trinajstić information content (AvgIpc) is 2.45. The fourth-order valence-corrected chi connectivity index (χ4v) is 2.83. The lowest BCUT2D eigenvalue weighted by atomic mass is 10.1. The van der Waals surface area contributed by atoms with Crippen LogP contribution in [0.1, 0.15) is 36.1 Å². The summed E-state index contributed by atoms with van der Waals surface area (Å²) in [7, 11) is 0. The van der Waals surface area contributed by atoms with E-state index in [9.17, 15) is 5.11 Å². The fraction of sp³-hybridized carbons (Fsp3) is 0.294. The van der Waals surface area contributed by atoms with E-state index in [-0.39, 0.29) is 6.10 Å². The molecule has 2 heteroatoms. The van der Waals surface area contributed by atoms with Crippen LogP contribution in [0.4, 0.5) is 0 Å². The van der Waals surface area contributed by atoms with Crippen LogP contribution in [0.5, 0.6) is 0 Å². The van der Waals surface area contributed by atoms with Crippen molar-refractivity contribution in [1.29, 1.82) is 0 Å². The predicted octanol–water partition coefficient (Wildman–Crippen LogP) is 4.73. The maximum absolute atomic E-state index is 9.75. The minimum absolute atomic E-state index is 0.337. The molecule has 2 aromatic carbocycles. The third-order valence-electron chi connectivity index (χ3n) is 3.14. The van der Waals surface area contributed by atoms with Crippen LogP contribution in [0.3, 0.4) is 0 Å². The Balaban J connectivity index is 1.96. The van der Waals surface area contributed by atoms with Crippen LogP contribution in [-0.2, 0) is 5.75 Å². The van der Waals surface area contributed by atoms with Gasteiger partial charge in [-0.1, -0.05) is 48.9 Å². The first-order chi connectivity index (χ1) is 9.19. The van der Waals surface area contributed by atoms with Crippen LogP contribution in [-0.4, -0.2) is 5.11 Å². The zero-order chi connectivity index (χ0) is 13.7. The molecule has 0 fully saturated rings. The molecule has 0 heterocycles. The zero-order valence-electron chi connectivity index (χ0n) is 11.5. The van der Waals surface area contributed by atoms with Gasteiger partial charge in [-0.15, -0.1) is 11.8 Å². The predicted molar refractivity (Wildman–Crippen MR) is 82.4 cm³/mol. The van der Waals surface area contributed by atoms with Gasteiger partial charge < -0.3 is 5.11 Å². The molecule has 1 N–H and O–H groups in total. The smallest absolute Gasteiger partial charge is 0.0787 e. The summed E-state index contributed by atoms with van der Waals surface area (Å²) in [6.45, 7) is 4.11. The number of aliphatic hydroxyl groups excluding tert-OH is 1. The molecule has 0 saturated heterocycles. The van der Waals surface area contributed by atoms with Gasteiger partial charge in [0, 0.05) is 10.6 Å². The van der Waals surface area contributed by atoms with Gasteiger partial charge in [0.1, 0.15) is 0 Å². The first kappa shape index (κ1) is 14.2. The Labute approximate surface area is 119 Å². The number of benzene rings is 2. The molecule has 0 aromatic heterocycles. The Kier molecular flexibility index (Phi) is 5.06. The molecular weight excluding hydrogens is 252 g/mol. The van der Waals surface area contributed by atoms with E-state index in [0.717, 1.165) is 17.7 Å². The van der Waals surface area contributed by atoms with Crippen molar-refractivity contribution < 1.29 is 5.11 Å². The Hall–Kier alpha value is -1.25. The van der Waals surface area contributed by atoms with Crippen molar-refractivity contribution in [3.63, 3.8) is 0 Å². The first-order valence-corrected chi connectivity index (χ1v) is 7.64. The van der Waals surface area contributed by atoms with E-state index in [1.807, 2.05) is 30.8 Å². The Bertz CT molecular complexity index is 519. The SMILES string of the molecule is CC[C@@H](O)c1ccc(SCc2cccc(C)c2)cc1. The van der Waals surface area contributed by atoms with E-state index in [4.69, 9.17) is 0 Å². The lowest BCUT2D eigenvalue weighted by Crippen LogP contribution is -1.94. The summed E-state index contributed by atoms with van der Waals surface area (Å²) in [5.41, 5.74) is 3.66. The number of rotatable bonds is 5. The molecule has 100 valence electrons. The van der Waals surface area contributed by atoms with E-state index >= 15 is 0 Å². The van der Waals surface area contributed by atoms with E-state index in [2.05, 4.69) is 43.3 Å². The van der Waals surface area contributed by atoms with Crippen molar-refractivity contribution >= 4 is 11.8 Å². The fourth-order valence-electron chi connectivity index (χ4n) is 1.99. The van der Waals surface area contributed by atoms with E-state index in [1.165, 1.54) is 16.0 Å². The zero-order valence-corrected chi connectivity index (χ0v) is 12.3. The highest BCUT2D eigenvalue weighted by Gasteiger charge is 2.04. The topological polar surface area (TPSA) is 20.2 Å². The highest BCUT2D eigenvalue weighted by Crippen LogP contribution is 2.25. The maximum atomic E-state index is 9.75. The van der Waals surface area contributed by atoms with Crippen molar-refractivity contribution in [2.45, 2.75) is 37.0 Å². The van der Waals surface area contributed by atoms with Gasteiger partial charge in [0.2, 0.25) is 0 Å². The summed E-state index contributed by atoms with van der Waals surface area (Å²) < 4.78 is 0. The number of hydrogen-bond donors (Lipinski definition) is 1. The van der Waals surface area contributed by atoms with Crippen LogP contribution in [0.15, 0.2) is 53.4 Å². The molecule has 2 aromatic rings. The lowest BCUT2D eigenvalue weighted by Gasteiger charge is -2.09. The van der Waals surface area contributed by atoms with E-state index < -0.39 is 0 Å². The molecule has 0 amide bonds. The number of thioether (sulfide) groups is 1. The molecule has 0 saturated carbocycles. The van der Waals surface area contributed by atoms with Crippen molar-refractivity contribution in [2.24, 2.45) is 0 Å². The van der Waals surface area contributed by atoms with E-state index in [0.29, 0.717) is 0 Å². The van der Waals surface area contributed by atoms with Gasteiger partial charge >= 0.3 is 0 Å². The number of hydrogen-bond acceptors (Lipinski definition) is 2. The molecule has 0 bridgehead atoms. The molecule has 0 spiro atoms. The van der Waals surface area contributed by atoms with Crippen molar-refractivity contribution in [2.75, 3.05) is 0 Å². The second-order valence-corrected chi connectivity index (χ2v) is 5.82. The van der Waals surface area contributed by atoms with Gasteiger partial charge in [-0.05, 0) is 36.6 Å². The molecule has 0 aliphatic heterocycles. The summed E-state index contributed by atoms with van der Waals surface area (Å²) >= 11 is 1.83. The molecular formula is C17H20OS. The Morgan fingerprint density at radius 2 is 1.84 bits per heavy atom. The highest BCUT2D eigenvalue weighted by atomic mass is 32.2. The normalized spacial score (nSPS) is 12.4. The minimum atomic E-state index is -0.337. The van der Waals surface area contributed by atoms with Crippen LogP contribution in [0.25, 0.3) is 0 Å². The van der Waals surface area contributed by atoms with Crippen LogP contribution >= 0.6 is 11.8 Å². The molecule has 0 aliphatic carbocycles. The summed E-state index contributed by atoms with van der Waals surface area (Å²) in [4.78, 5) is 1.24. The number of aliphatic hydroxyl groups is 1. The minimum Gasteiger partial charge on any atom is -0.388 e. The molecule has 0 radical (unpaired) electrons. The number of aryl methyl sites for hydroxylation is 1. The monoisotopic (exact) mass is 272 g/mol. The second kappa shape index (κ2) is 6.78. The highest BCUT2D eigenvalue weighted by molar-refractivity contribution is 7.98. The largest absolute Gasteiger partial charge is 0.388 e. The van der Waals surface area contributed by atoms with Crippen molar-refractivity contribution in [3.05, 3.63) is 65.2 Å². The van der Waals surface area contributed by atoms with Gasteiger partial charge in [0.05, 0.1) is 6.10 Å². The standard InChI is InChI=1S/C17H20OS/c1-3-17(18)15-7-9-16(10-8-15)19-12-14-6-4-5-13(2)11-14/h4-11,17-18H,3,12H2,1-2H3/t17-/m1/s1. The van der Waals surface area contributed by atoms with Crippen molar-refractivity contribution in [3.8, 4) is 0 Å². The summed E-state index contributed by atoms with van der Waals surface area (Å²) in [6, 6.07) is 16.8. The Morgan fingerprint density at radius 1 is 1.11 bits per heavy atom. The molecule has 1 nitrogen and oxygen atoms in total. The van der Waals surface area contributed by atoms with Crippen LogP contribution in [0, 0.1) is 6.92 Å². The van der Waals surface area contributed by atoms with Crippen LogP contribution in [0.2, 0.25) is 0 Å². The Morgan fingerprint density at radius 3 is 2.47 bits per heavy atom. The maximum Gasteiger partial charge on any atom is 0.0787 e. The van der Waals surface area contributed by atoms with Crippen molar-refractivity contribution in [1.82, 2.24) is 0 Å². The summed E-state index contributed by atoms with van der Waals surface area (Å²) in [5, 5.41) is 9.75. The first-order valence-electron chi connectivity index (χ1n) is 6.65. The van der Waals surface area contributed by atoms with Gasteiger partial charge in [-0.2, -0.15) is 0 Å². The molecule has 0 aliphatic rings.